The number of fused-ring (bicyclic) bond motifs is 1. The molecule has 25 heavy (non-hydrogen) atoms. The van der Waals surface area contributed by atoms with E-state index in [1.165, 1.54) is 16.7 Å². The minimum atomic E-state index is -1.07. The summed E-state index contributed by atoms with van der Waals surface area (Å²) in [7, 11) is 1.77. The zero-order valence-electron chi connectivity index (χ0n) is 14.5. The van der Waals surface area contributed by atoms with Crippen molar-refractivity contribution in [1.82, 2.24) is 9.80 Å². The van der Waals surface area contributed by atoms with Gasteiger partial charge < -0.3 is 15.1 Å². The van der Waals surface area contributed by atoms with Crippen LogP contribution in [0.25, 0.3) is 0 Å². The molecular formula is C16H23N3O4S2. The topological polar surface area (TPSA) is 93.4 Å². The van der Waals surface area contributed by atoms with Crippen LogP contribution in [-0.4, -0.2) is 74.6 Å². The predicted octanol–water partition coefficient (Wildman–Crippen LogP) is 1.40. The predicted molar refractivity (Wildman–Crippen MR) is 99.3 cm³/mol. The number of carboxylic acids is 1. The summed E-state index contributed by atoms with van der Waals surface area (Å²) in [6.07, 6.45) is 0.721. The number of carbonyl (C=O) groups excluding carboxylic acids is 1. The Morgan fingerprint density at radius 1 is 1.52 bits per heavy atom. The number of amidine groups is 1. The Morgan fingerprint density at radius 3 is 2.84 bits per heavy atom. The molecule has 0 aliphatic carbocycles. The van der Waals surface area contributed by atoms with Crippen molar-refractivity contribution in [3.05, 3.63) is 9.93 Å². The molecule has 7 nitrogen and oxygen atoms in total. The van der Waals surface area contributed by atoms with Gasteiger partial charge in [0.05, 0.1) is 22.1 Å². The Bertz CT molecular complexity index is 651. The third-order valence-electron chi connectivity index (χ3n) is 4.98. The first-order chi connectivity index (χ1) is 11.9. The van der Waals surface area contributed by atoms with E-state index in [-0.39, 0.29) is 22.2 Å². The monoisotopic (exact) mass is 385 g/mol. The van der Waals surface area contributed by atoms with Crippen LogP contribution in [0.2, 0.25) is 0 Å². The number of likely N-dealkylation sites (tertiary alicyclic amines) is 1. The molecule has 0 aromatic heterocycles. The van der Waals surface area contributed by atoms with Gasteiger partial charge in [-0.2, -0.15) is 0 Å². The van der Waals surface area contributed by atoms with E-state index >= 15 is 0 Å². The number of aliphatic imine (C=N–C) groups is 1. The largest absolute Gasteiger partial charge is 0.477 e. The number of thioether (sulfide) groups is 2. The smallest absolute Gasteiger partial charge is 0.354 e. The maximum absolute atomic E-state index is 12.3. The first-order valence-corrected chi connectivity index (χ1v) is 10.1. The fourth-order valence-corrected chi connectivity index (χ4v) is 6.69. The van der Waals surface area contributed by atoms with Gasteiger partial charge >= 0.3 is 5.97 Å². The molecule has 9 heteroatoms. The lowest BCUT2D eigenvalue weighted by Gasteiger charge is -2.44. The molecule has 4 atom stereocenters. The number of aliphatic hydroxyl groups excluding tert-OH is 1. The number of β-lactam (4-membered cyclic amide) rings is 1. The Hall–Kier alpha value is -1.19. The molecule has 3 heterocycles. The highest BCUT2D eigenvalue weighted by molar-refractivity contribution is 8.23. The zero-order chi connectivity index (χ0) is 18.3. The van der Waals surface area contributed by atoms with Crippen LogP contribution in [0.4, 0.5) is 0 Å². The maximum Gasteiger partial charge on any atom is 0.354 e. The number of aliphatic carboxylic acids is 1. The van der Waals surface area contributed by atoms with Gasteiger partial charge in [-0.1, -0.05) is 18.7 Å². The number of amides is 1. The summed E-state index contributed by atoms with van der Waals surface area (Å²) in [5.41, 5.74) is 0.0869. The first-order valence-electron chi connectivity index (χ1n) is 8.39. The van der Waals surface area contributed by atoms with Crippen LogP contribution in [0.15, 0.2) is 14.9 Å². The third-order valence-corrected chi connectivity index (χ3v) is 7.84. The van der Waals surface area contributed by atoms with Crippen LogP contribution in [0, 0.1) is 5.92 Å². The molecule has 0 aromatic rings. The number of hydrogen-bond donors (Lipinski definition) is 2. The number of rotatable bonds is 5. The number of nitrogens with zero attached hydrogens (tertiary/aromatic N) is 3. The molecular weight excluding hydrogens is 362 g/mol. The molecule has 1 amide bonds. The molecule has 0 bridgehead atoms. The first kappa shape index (κ1) is 18.6. The minimum Gasteiger partial charge on any atom is -0.477 e. The number of carboxylic acid groups (broad SMARTS) is 1. The van der Waals surface area contributed by atoms with Gasteiger partial charge in [0, 0.05) is 25.4 Å². The van der Waals surface area contributed by atoms with E-state index in [1.807, 2.05) is 13.8 Å². The van der Waals surface area contributed by atoms with E-state index in [4.69, 9.17) is 0 Å². The second-order valence-corrected chi connectivity index (χ2v) is 9.10. The average Bonchev–Trinajstić information content (AvgIpc) is 3.17. The van der Waals surface area contributed by atoms with Crippen molar-refractivity contribution in [1.29, 1.82) is 0 Å². The summed E-state index contributed by atoms with van der Waals surface area (Å²) < 4.78 is 0.689. The quantitative estimate of drug-likeness (QED) is 0.420. The fourth-order valence-electron chi connectivity index (χ4n) is 3.41. The van der Waals surface area contributed by atoms with E-state index in [2.05, 4.69) is 9.89 Å². The molecule has 3 aliphatic heterocycles. The standard InChI is InChI=1S/C16H23N3O4S2/c1-4-10(20)11-13(21)19-12(15(22)23)16(25-14(11)19)24-9-5-6-18(7-9)8(2)17-3/h9-11,14,20H,4-7H2,1-3H3,(H,22,23)/t9-,10-,11+,14+/m0/s1. The molecule has 138 valence electrons. The van der Waals surface area contributed by atoms with Gasteiger partial charge in [-0.25, -0.2) is 4.79 Å². The van der Waals surface area contributed by atoms with Gasteiger partial charge in [0.15, 0.2) is 5.70 Å². The normalized spacial score (nSPS) is 30.6. The average molecular weight is 386 g/mol. The Morgan fingerprint density at radius 2 is 2.24 bits per heavy atom. The Balaban J connectivity index is 1.73. The van der Waals surface area contributed by atoms with Gasteiger partial charge in [-0.05, 0) is 19.8 Å². The number of aliphatic hydroxyl groups is 1. The van der Waals surface area contributed by atoms with E-state index in [1.54, 1.807) is 18.8 Å². The van der Waals surface area contributed by atoms with E-state index < -0.39 is 18.0 Å². The van der Waals surface area contributed by atoms with Gasteiger partial charge in [0.25, 0.3) is 0 Å². The van der Waals surface area contributed by atoms with Crippen molar-refractivity contribution >= 4 is 41.2 Å². The highest BCUT2D eigenvalue weighted by Crippen LogP contribution is 2.55. The summed E-state index contributed by atoms with van der Waals surface area (Å²) in [6.45, 7) is 5.53. The molecule has 2 fully saturated rings. The molecule has 2 N–H and O–H groups in total. The molecule has 0 saturated carbocycles. The molecule has 0 spiro atoms. The second kappa shape index (κ2) is 7.20. The van der Waals surface area contributed by atoms with Crippen LogP contribution in [0.3, 0.4) is 0 Å². The molecule has 0 radical (unpaired) electrons. The SMILES string of the molecule is CC[C@H](O)[C@@H]1C(=O)N2C(C(=O)O)=C(S[C@H]3CCN(C(C)=NC)C3)S[C@H]12. The minimum absolute atomic E-state index is 0.0869. The molecule has 3 rings (SSSR count). The van der Waals surface area contributed by atoms with E-state index in [9.17, 15) is 19.8 Å². The highest BCUT2D eigenvalue weighted by atomic mass is 32.2. The van der Waals surface area contributed by atoms with Crippen molar-refractivity contribution < 1.29 is 19.8 Å². The summed E-state index contributed by atoms with van der Waals surface area (Å²) >= 11 is 2.96. The maximum atomic E-state index is 12.3. The van der Waals surface area contributed by atoms with Crippen LogP contribution in [-0.2, 0) is 9.59 Å². The van der Waals surface area contributed by atoms with E-state index in [0.717, 1.165) is 25.3 Å². The summed E-state index contributed by atoms with van der Waals surface area (Å²) in [5, 5.41) is 19.6. The molecule has 2 saturated heterocycles. The summed E-state index contributed by atoms with van der Waals surface area (Å²) in [6, 6.07) is 0. The lowest BCUT2D eigenvalue weighted by molar-refractivity contribution is -0.157. The van der Waals surface area contributed by atoms with E-state index in [0.29, 0.717) is 10.7 Å². The van der Waals surface area contributed by atoms with Crippen molar-refractivity contribution in [2.45, 2.75) is 43.4 Å². The zero-order valence-corrected chi connectivity index (χ0v) is 16.1. The lowest BCUT2D eigenvalue weighted by Crippen LogP contribution is -2.61. The fraction of sp³-hybridized carbons (Fsp3) is 0.688. The molecule has 0 aromatic carbocycles. The number of carbonyl (C=O) groups is 2. The second-order valence-electron chi connectivity index (χ2n) is 6.40. The lowest BCUT2D eigenvalue weighted by atomic mass is 9.90. The number of hydrogen-bond acceptors (Lipinski definition) is 6. The Labute approximate surface area is 155 Å². The third kappa shape index (κ3) is 3.17. The van der Waals surface area contributed by atoms with Crippen molar-refractivity contribution in [3.8, 4) is 0 Å². The summed E-state index contributed by atoms with van der Waals surface area (Å²) in [4.78, 5) is 31.8. The van der Waals surface area contributed by atoms with Crippen LogP contribution < -0.4 is 0 Å². The van der Waals surface area contributed by atoms with Crippen molar-refractivity contribution in [2.24, 2.45) is 10.9 Å². The van der Waals surface area contributed by atoms with Crippen molar-refractivity contribution in [2.75, 3.05) is 20.1 Å². The molecule has 3 aliphatic rings. The van der Waals surface area contributed by atoms with Gasteiger partial charge in [-0.3, -0.25) is 14.7 Å². The van der Waals surface area contributed by atoms with Crippen molar-refractivity contribution in [3.63, 3.8) is 0 Å². The van der Waals surface area contributed by atoms with Gasteiger partial charge in [0.1, 0.15) is 5.37 Å². The summed E-state index contributed by atoms with van der Waals surface area (Å²) in [5.74, 6) is -0.866. The van der Waals surface area contributed by atoms with Crippen LogP contribution in [0.1, 0.15) is 26.7 Å². The molecule has 0 unspecified atom stereocenters. The van der Waals surface area contributed by atoms with Crippen LogP contribution in [0.5, 0.6) is 0 Å². The van der Waals surface area contributed by atoms with Gasteiger partial charge in [0.2, 0.25) is 5.91 Å². The van der Waals surface area contributed by atoms with Crippen LogP contribution >= 0.6 is 23.5 Å². The van der Waals surface area contributed by atoms with Gasteiger partial charge in [-0.15, -0.1) is 11.8 Å². The Kier molecular flexibility index (Phi) is 5.36. The highest BCUT2D eigenvalue weighted by Gasteiger charge is 2.58.